The number of aromatic nitrogens is 1. The number of benzene rings is 1. The number of ether oxygens (including phenoxy) is 1. The number of carbonyl (C=O) groups is 1. The van der Waals surface area contributed by atoms with Gasteiger partial charge in [0, 0.05) is 5.75 Å². The van der Waals surface area contributed by atoms with Gasteiger partial charge in [-0.15, -0.1) is 18.3 Å². The number of thiazole rings is 1. The minimum atomic E-state index is -0.0436. The van der Waals surface area contributed by atoms with E-state index in [-0.39, 0.29) is 5.91 Å². The third-order valence-electron chi connectivity index (χ3n) is 2.31. The Morgan fingerprint density at radius 1 is 1.63 bits per heavy atom. The van der Waals surface area contributed by atoms with Gasteiger partial charge in [0.15, 0.2) is 5.13 Å². The van der Waals surface area contributed by atoms with Gasteiger partial charge in [0.2, 0.25) is 5.91 Å². The van der Waals surface area contributed by atoms with Crippen LogP contribution in [0.5, 0.6) is 5.75 Å². The molecule has 0 saturated carbocycles. The maximum Gasteiger partial charge on any atom is 0.236 e. The molecule has 6 heteroatoms. The van der Waals surface area contributed by atoms with Gasteiger partial charge < -0.3 is 10.1 Å². The topological polar surface area (TPSA) is 51.2 Å². The van der Waals surface area contributed by atoms with Gasteiger partial charge in [-0.1, -0.05) is 17.4 Å². The number of fused-ring (bicyclic) bond motifs is 1. The third kappa shape index (κ3) is 3.71. The Morgan fingerprint density at radius 3 is 3.21 bits per heavy atom. The highest BCUT2D eigenvalue weighted by molar-refractivity contribution is 8.00. The fourth-order valence-corrected chi connectivity index (χ4v) is 2.93. The lowest BCUT2D eigenvalue weighted by Crippen LogP contribution is -2.13. The first-order valence-electron chi connectivity index (χ1n) is 5.66. The highest BCUT2D eigenvalue weighted by atomic mass is 32.2. The molecule has 1 amide bonds. The highest BCUT2D eigenvalue weighted by Gasteiger charge is 2.08. The summed E-state index contributed by atoms with van der Waals surface area (Å²) >= 11 is 2.96. The van der Waals surface area contributed by atoms with Crippen molar-refractivity contribution in [3.05, 3.63) is 30.9 Å². The van der Waals surface area contributed by atoms with Gasteiger partial charge in [0.05, 0.1) is 23.1 Å². The van der Waals surface area contributed by atoms with Crippen LogP contribution in [0.15, 0.2) is 30.9 Å². The standard InChI is InChI=1S/C13H14N2O2S2/c1-3-6-18-8-12(16)15-13-14-10-5-4-9(17-2)7-11(10)19-13/h3-5,7H,1,6,8H2,2H3,(H,14,15,16). The van der Waals surface area contributed by atoms with Crippen LogP contribution in [-0.4, -0.2) is 29.5 Å². The van der Waals surface area contributed by atoms with Crippen molar-refractivity contribution in [1.82, 2.24) is 4.98 Å². The zero-order chi connectivity index (χ0) is 13.7. The van der Waals surface area contributed by atoms with Crippen molar-refractivity contribution in [2.75, 3.05) is 23.9 Å². The number of rotatable bonds is 6. The lowest BCUT2D eigenvalue weighted by atomic mass is 10.3. The Balaban J connectivity index is 2.04. The molecule has 0 radical (unpaired) electrons. The summed E-state index contributed by atoms with van der Waals surface area (Å²) in [6.07, 6.45) is 1.78. The number of hydrogen-bond donors (Lipinski definition) is 1. The second-order valence-corrected chi connectivity index (χ2v) is 5.77. The van der Waals surface area contributed by atoms with Crippen LogP contribution in [0.4, 0.5) is 5.13 Å². The number of amides is 1. The minimum absolute atomic E-state index is 0.0436. The van der Waals surface area contributed by atoms with E-state index in [4.69, 9.17) is 4.74 Å². The molecular formula is C13H14N2O2S2. The molecular weight excluding hydrogens is 280 g/mol. The molecule has 0 aliphatic rings. The second kappa shape index (κ2) is 6.58. The number of nitrogens with zero attached hydrogens (tertiary/aromatic N) is 1. The average molecular weight is 294 g/mol. The number of methoxy groups -OCH3 is 1. The smallest absolute Gasteiger partial charge is 0.236 e. The van der Waals surface area contributed by atoms with E-state index < -0.39 is 0 Å². The first kappa shape index (κ1) is 13.9. The van der Waals surface area contributed by atoms with Crippen LogP contribution in [-0.2, 0) is 4.79 Å². The molecule has 1 N–H and O–H groups in total. The molecule has 19 heavy (non-hydrogen) atoms. The van der Waals surface area contributed by atoms with Gasteiger partial charge in [-0.3, -0.25) is 4.79 Å². The van der Waals surface area contributed by atoms with E-state index in [0.717, 1.165) is 21.7 Å². The van der Waals surface area contributed by atoms with Gasteiger partial charge in [-0.25, -0.2) is 4.98 Å². The van der Waals surface area contributed by atoms with Gasteiger partial charge in [0.1, 0.15) is 5.75 Å². The largest absolute Gasteiger partial charge is 0.497 e. The molecule has 0 bridgehead atoms. The number of anilines is 1. The predicted molar refractivity (Wildman–Crippen MR) is 82.3 cm³/mol. The quantitative estimate of drug-likeness (QED) is 0.657. The maximum absolute atomic E-state index is 11.7. The molecule has 0 spiro atoms. The average Bonchev–Trinajstić information content (AvgIpc) is 2.79. The number of nitrogens with one attached hydrogen (secondary N) is 1. The van der Waals surface area contributed by atoms with Gasteiger partial charge >= 0.3 is 0 Å². The van der Waals surface area contributed by atoms with Crippen molar-refractivity contribution < 1.29 is 9.53 Å². The van der Waals surface area contributed by atoms with E-state index in [9.17, 15) is 4.79 Å². The van der Waals surface area contributed by atoms with Gasteiger partial charge in [-0.2, -0.15) is 0 Å². The summed E-state index contributed by atoms with van der Waals surface area (Å²) in [7, 11) is 1.63. The van der Waals surface area contributed by atoms with E-state index >= 15 is 0 Å². The molecule has 1 aromatic carbocycles. The van der Waals surface area contributed by atoms with Crippen LogP contribution in [0, 0.1) is 0 Å². The molecule has 2 aromatic rings. The van der Waals surface area contributed by atoms with Crippen molar-refractivity contribution in [3.8, 4) is 5.75 Å². The molecule has 1 aromatic heterocycles. The van der Waals surface area contributed by atoms with Crippen LogP contribution < -0.4 is 10.1 Å². The molecule has 0 fully saturated rings. The molecule has 1 heterocycles. The van der Waals surface area contributed by atoms with Crippen LogP contribution in [0.2, 0.25) is 0 Å². The van der Waals surface area contributed by atoms with Crippen LogP contribution in [0.1, 0.15) is 0 Å². The summed E-state index contributed by atoms with van der Waals surface area (Å²) < 4.78 is 6.15. The highest BCUT2D eigenvalue weighted by Crippen LogP contribution is 2.29. The van der Waals surface area contributed by atoms with Crippen molar-refractivity contribution in [3.63, 3.8) is 0 Å². The Kier molecular flexibility index (Phi) is 4.81. The van der Waals surface area contributed by atoms with Crippen LogP contribution >= 0.6 is 23.1 Å². The summed E-state index contributed by atoms with van der Waals surface area (Å²) in [5.41, 5.74) is 0.861. The first-order chi connectivity index (χ1) is 9.22. The lowest BCUT2D eigenvalue weighted by Gasteiger charge is -1.99. The summed E-state index contributed by atoms with van der Waals surface area (Å²) in [5, 5.41) is 3.42. The van der Waals surface area contributed by atoms with E-state index in [0.29, 0.717) is 10.9 Å². The van der Waals surface area contributed by atoms with Crippen molar-refractivity contribution in [1.29, 1.82) is 0 Å². The zero-order valence-corrected chi connectivity index (χ0v) is 12.1. The molecule has 0 aliphatic heterocycles. The van der Waals surface area contributed by atoms with Crippen LogP contribution in [0.3, 0.4) is 0 Å². The SMILES string of the molecule is C=CCSCC(=O)Nc1nc2ccc(OC)cc2s1. The first-order valence-corrected chi connectivity index (χ1v) is 7.63. The fourth-order valence-electron chi connectivity index (χ4n) is 1.48. The normalized spacial score (nSPS) is 10.4. The number of hydrogen-bond acceptors (Lipinski definition) is 5. The summed E-state index contributed by atoms with van der Waals surface area (Å²) in [4.78, 5) is 16.0. The Labute approximate surface area is 119 Å². The van der Waals surface area contributed by atoms with Crippen molar-refractivity contribution in [2.45, 2.75) is 0 Å². The Bertz CT molecular complexity index is 595. The molecule has 0 aliphatic carbocycles. The second-order valence-electron chi connectivity index (χ2n) is 3.70. The molecule has 4 nitrogen and oxygen atoms in total. The molecule has 2 rings (SSSR count). The molecule has 0 unspecified atom stereocenters. The monoisotopic (exact) mass is 294 g/mol. The van der Waals surface area contributed by atoms with Gasteiger partial charge in [-0.05, 0) is 18.2 Å². The van der Waals surface area contributed by atoms with E-state index in [1.807, 2.05) is 18.2 Å². The maximum atomic E-state index is 11.7. The van der Waals surface area contributed by atoms with E-state index in [1.165, 1.54) is 23.1 Å². The fraction of sp³-hybridized carbons (Fsp3) is 0.231. The van der Waals surface area contributed by atoms with E-state index in [1.54, 1.807) is 13.2 Å². The molecule has 100 valence electrons. The van der Waals surface area contributed by atoms with Crippen molar-refractivity contribution in [2.24, 2.45) is 0 Å². The Hall–Kier alpha value is -1.53. The third-order valence-corrected chi connectivity index (χ3v) is 4.18. The number of carbonyl (C=O) groups excluding carboxylic acids is 1. The van der Waals surface area contributed by atoms with Gasteiger partial charge in [0.25, 0.3) is 0 Å². The van der Waals surface area contributed by atoms with E-state index in [2.05, 4.69) is 16.9 Å². The minimum Gasteiger partial charge on any atom is -0.497 e. The molecule has 0 atom stereocenters. The molecule has 0 saturated heterocycles. The zero-order valence-electron chi connectivity index (χ0n) is 10.5. The lowest BCUT2D eigenvalue weighted by molar-refractivity contribution is -0.113. The summed E-state index contributed by atoms with van der Waals surface area (Å²) in [6, 6.07) is 5.65. The van der Waals surface area contributed by atoms with Crippen molar-refractivity contribution >= 4 is 44.4 Å². The number of thioether (sulfide) groups is 1. The summed E-state index contributed by atoms with van der Waals surface area (Å²) in [5.74, 6) is 1.92. The predicted octanol–water partition coefficient (Wildman–Crippen LogP) is 3.16. The van der Waals surface area contributed by atoms with Crippen LogP contribution in [0.25, 0.3) is 10.2 Å². The summed E-state index contributed by atoms with van der Waals surface area (Å²) in [6.45, 7) is 3.61. The Morgan fingerprint density at radius 2 is 2.47 bits per heavy atom.